The number of carbonyl (C=O) groups is 1. The second kappa shape index (κ2) is 5.83. The average molecular weight is 323 g/mol. The first-order valence-corrected chi connectivity index (χ1v) is 6.61. The van der Waals surface area contributed by atoms with Crippen LogP contribution < -0.4 is 5.32 Å². The van der Waals surface area contributed by atoms with Gasteiger partial charge in [-0.1, -0.05) is 0 Å². The van der Waals surface area contributed by atoms with Gasteiger partial charge in [0.15, 0.2) is 0 Å². The van der Waals surface area contributed by atoms with Gasteiger partial charge in [-0.05, 0) is 30.9 Å². The van der Waals surface area contributed by atoms with Crippen molar-refractivity contribution in [2.24, 2.45) is 5.92 Å². The first kappa shape index (κ1) is 16.7. The second-order valence-electron chi connectivity index (χ2n) is 5.41. The zero-order valence-corrected chi connectivity index (χ0v) is 11.5. The Bertz CT molecular complexity index is 581. The molecule has 0 unspecified atom stereocenters. The first-order chi connectivity index (χ1) is 10.1. The number of rotatable bonds is 3. The summed E-state index contributed by atoms with van der Waals surface area (Å²) >= 11 is 0. The fourth-order valence-corrected chi connectivity index (χ4v) is 2.59. The molecular weight excluding hydrogens is 309 g/mol. The number of hydrogen-bond donors (Lipinski definition) is 2. The molecule has 1 aromatic rings. The summed E-state index contributed by atoms with van der Waals surface area (Å²) in [5.74, 6) is -3.72. The molecule has 2 rings (SSSR count). The third kappa shape index (κ3) is 3.37. The molecule has 1 fully saturated rings. The standard InChI is InChI=1S/C14H14F5NO2/c1-6(21)20-13(7-2-8(22)3-7)9-4-12(16)10(5-11(9)15)14(17,18)19/h4-5,7-8,13,22H,2-3H2,1H3,(H,20,21)/t7-,8+,13-/m1/s1. The second-order valence-corrected chi connectivity index (χ2v) is 5.41. The largest absolute Gasteiger partial charge is 0.419 e. The number of halogens is 5. The monoisotopic (exact) mass is 323 g/mol. The van der Waals surface area contributed by atoms with Crippen molar-refractivity contribution < 1.29 is 31.9 Å². The van der Waals surface area contributed by atoms with Gasteiger partial charge < -0.3 is 10.4 Å². The van der Waals surface area contributed by atoms with E-state index in [9.17, 15) is 31.9 Å². The van der Waals surface area contributed by atoms with Crippen molar-refractivity contribution in [1.29, 1.82) is 0 Å². The third-order valence-electron chi connectivity index (χ3n) is 3.71. The molecule has 8 heteroatoms. The number of aliphatic hydroxyl groups excluding tert-OH is 1. The van der Waals surface area contributed by atoms with Crippen molar-refractivity contribution >= 4 is 5.91 Å². The van der Waals surface area contributed by atoms with E-state index in [1.165, 1.54) is 6.92 Å². The van der Waals surface area contributed by atoms with E-state index in [0.29, 0.717) is 6.07 Å². The molecule has 122 valence electrons. The Morgan fingerprint density at radius 1 is 1.27 bits per heavy atom. The van der Waals surface area contributed by atoms with Crippen molar-refractivity contribution in [3.8, 4) is 0 Å². The molecule has 2 N–H and O–H groups in total. The highest BCUT2D eigenvalue weighted by Gasteiger charge is 2.39. The van der Waals surface area contributed by atoms with Gasteiger partial charge in [0, 0.05) is 12.5 Å². The SMILES string of the molecule is CC(=O)N[C@@H](c1cc(F)c(C(F)(F)F)cc1F)[C@H]1C[C@@H](O)C1. The van der Waals surface area contributed by atoms with Crippen LogP contribution in [0.2, 0.25) is 0 Å². The van der Waals surface area contributed by atoms with Crippen LogP contribution in [0.1, 0.15) is 36.9 Å². The van der Waals surface area contributed by atoms with E-state index in [0.717, 1.165) is 0 Å². The molecule has 1 saturated carbocycles. The lowest BCUT2D eigenvalue weighted by molar-refractivity contribution is -0.140. The molecule has 1 aliphatic carbocycles. The van der Waals surface area contributed by atoms with E-state index in [-0.39, 0.29) is 30.4 Å². The van der Waals surface area contributed by atoms with E-state index in [4.69, 9.17) is 0 Å². The number of benzene rings is 1. The van der Waals surface area contributed by atoms with Crippen LogP contribution in [0, 0.1) is 17.6 Å². The Labute approximate surface area is 123 Å². The van der Waals surface area contributed by atoms with Gasteiger partial charge in [0.05, 0.1) is 17.7 Å². The number of nitrogens with one attached hydrogen (secondary N) is 1. The molecule has 3 nitrogen and oxygen atoms in total. The molecular formula is C14H14F5NO2. The minimum atomic E-state index is -5.00. The predicted molar refractivity (Wildman–Crippen MR) is 66.6 cm³/mol. The van der Waals surface area contributed by atoms with Crippen LogP contribution in [-0.2, 0) is 11.0 Å². The van der Waals surface area contributed by atoms with Gasteiger partial charge in [0.1, 0.15) is 11.6 Å². The van der Waals surface area contributed by atoms with Gasteiger partial charge in [-0.15, -0.1) is 0 Å². The molecule has 0 spiro atoms. The van der Waals surface area contributed by atoms with Crippen LogP contribution in [0.15, 0.2) is 12.1 Å². The predicted octanol–water partition coefficient (Wildman–Crippen LogP) is 2.93. The lowest BCUT2D eigenvalue weighted by Gasteiger charge is -2.38. The maximum Gasteiger partial charge on any atom is 0.419 e. The maximum atomic E-state index is 14.0. The first-order valence-electron chi connectivity index (χ1n) is 6.61. The minimum Gasteiger partial charge on any atom is -0.393 e. The van der Waals surface area contributed by atoms with Crippen LogP contribution in [0.25, 0.3) is 0 Å². The number of hydrogen-bond acceptors (Lipinski definition) is 2. The molecule has 0 aromatic heterocycles. The van der Waals surface area contributed by atoms with E-state index in [1.54, 1.807) is 0 Å². The quantitative estimate of drug-likeness (QED) is 0.840. The molecule has 1 atom stereocenters. The molecule has 1 amide bonds. The van der Waals surface area contributed by atoms with Crippen molar-refractivity contribution in [2.45, 2.75) is 38.1 Å². The van der Waals surface area contributed by atoms with Gasteiger partial charge in [-0.3, -0.25) is 4.79 Å². The number of amides is 1. The van der Waals surface area contributed by atoms with E-state index < -0.39 is 41.4 Å². The molecule has 0 bridgehead atoms. The highest BCUT2D eigenvalue weighted by Crippen LogP contribution is 2.40. The number of alkyl halides is 3. The Morgan fingerprint density at radius 2 is 1.86 bits per heavy atom. The van der Waals surface area contributed by atoms with Gasteiger partial charge in [-0.2, -0.15) is 13.2 Å². The summed E-state index contributed by atoms with van der Waals surface area (Å²) in [5, 5.41) is 11.7. The topological polar surface area (TPSA) is 49.3 Å². The van der Waals surface area contributed by atoms with Gasteiger partial charge in [0.25, 0.3) is 0 Å². The summed E-state index contributed by atoms with van der Waals surface area (Å²) in [6.07, 6.45) is -5.09. The lowest BCUT2D eigenvalue weighted by Crippen LogP contribution is -2.41. The van der Waals surface area contributed by atoms with Crippen molar-refractivity contribution in [3.63, 3.8) is 0 Å². The van der Waals surface area contributed by atoms with E-state index in [2.05, 4.69) is 5.32 Å². The Morgan fingerprint density at radius 3 is 2.32 bits per heavy atom. The van der Waals surface area contributed by atoms with Crippen LogP contribution in [0.4, 0.5) is 22.0 Å². The summed E-state index contributed by atoms with van der Waals surface area (Å²) in [5.41, 5.74) is -2.04. The van der Waals surface area contributed by atoms with E-state index in [1.807, 2.05) is 0 Å². The van der Waals surface area contributed by atoms with Gasteiger partial charge in [0.2, 0.25) is 5.91 Å². The summed E-state index contributed by atoms with van der Waals surface area (Å²) in [4.78, 5) is 11.2. The average Bonchev–Trinajstić information content (AvgIpc) is 2.33. The van der Waals surface area contributed by atoms with Gasteiger partial charge in [-0.25, -0.2) is 8.78 Å². The van der Waals surface area contributed by atoms with Crippen LogP contribution in [-0.4, -0.2) is 17.1 Å². The molecule has 0 saturated heterocycles. The Kier molecular flexibility index (Phi) is 4.42. The third-order valence-corrected chi connectivity index (χ3v) is 3.71. The lowest BCUT2D eigenvalue weighted by atomic mass is 9.74. The van der Waals surface area contributed by atoms with Crippen LogP contribution >= 0.6 is 0 Å². The molecule has 22 heavy (non-hydrogen) atoms. The normalized spacial score (nSPS) is 22.9. The highest BCUT2D eigenvalue weighted by atomic mass is 19.4. The summed E-state index contributed by atoms with van der Waals surface area (Å²) < 4.78 is 65.3. The smallest absolute Gasteiger partial charge is 0.393 e. The zero-order valence-electron chi connectivity index (χ0n) is 11.5. The van der Waals surface area contributed by atoms with Crippen molar-refractivity contribution in [3.05, 3.63) is 34.9 Å². The van der Waals surface area contributed by atoms with Crippen LogP contribution in [0.5, 0.6) is 0 Å². The fraction of sp³-hybridized carbons (Fsp3) is 0.500. The molecule has 1 aliphatic rings. The highest BCUT2D eigenvalue weighted by molar-refractivity contribution is 5.73. The molecule has 0 aliphatic heterocycles. The summed E-state index contributed by atoms with van der Waals surface area (Å²) in [6.45, 7) is 1.17. The van der Waals surface area contributed by atoms with E-state index >= 15 is 0 Å². The fourth-order valence-electron chi connectivity index (χ4n) is 2.59. The Balaban J connectivity index is 2.39. The number of aliphatic hydroxyl groups is 1. The molecule has 1 aromatic carbocycles. The van der Waals surface area contributed by atoms with Gasteiger partial charge >= 0.3 is 6.18 Å². The number of carbonyl (C=O) groups excluding carboxylic acids is 1. The van der Waals surface area contributed by atoms with Crippen LogP contribution in [0.3, 0.4) is 0 Å². The van der Waals surface area contributed by atoms with Crippen molar-refractivity contribution in [1.82, 2.24) is 5.32 Å². The molecule has 0 radical (unpaired) electrons. The van der Waals surface area contributed by atoms with Crippen molar-refractivity contribution in [2.75, 3.05) is 0 Å². The molecule has 0 heterocycles. The minimum absolute atomic E-state index is 0.0918. The summed E-state index contributed by atoms with van der Waals surface area (Å²) in [6, 6.07) is -0.421. The maximum absolute atomic E-state index is 14.0. The Hall–Kier alpha value is -1.70. The summed E-state index contributed by atoms with van der Waals surface area (Å²) in [7, 11) is 0. The zero-order chi connectivity index (χ0) is 16.7.